The highest BCUT2D eigenvalue weighted by Gasteiger charge is 2.30. The van der Waals surface area contributed by atoms with Crippen molar-refractivity contribution in [3.8, 4) is 5.75 Å². The highest BCUT2D eigenvalue weighted by atomic mass is 19.1. The molecular weight excluding hydrogens is 411 g/mol. The molecule has 1 amide bonds. The van der Waals surface area contributed by atoms with Crippen LogP contribution < -0.4 is 10.1 Å². The van der Waals surface area contributed by atoms with E-state index in [1.807, 2.05) is 6.92 Å². The fourth-order valence-electron chi connectivity index (χ4n) is 3.73. The van der Waals surface area contributed by atoms with Crippen molar-refractivity contribution in [1.82, 2.24) is 24.8 Å². The number of rotatable bonds is 7. The van der Waals surface area contributed by atoms with E-state index in [2.05, 4.69) is 25.3 Å². The van der Waals surface area contributed by atoms with Crippen LogP contribution in [0.3, 0.4) is 0 Å². The number of nitrogens with zero attached hydrogens (tertiary/aromatic N) is 5. The Labute approximate surface area is 185 Å². The molecule has 3 heterocycles. The summed E-state index contributed by atoms with van der Waals surface area (Å²) in [5.74, 6) is 0.919. The van der Waals surface area contributed by atoms with Gasteiger partial charge in [-0.05, 0) is 31.4 Å². The number of carbonyl (C=O) groups excluding carboxylic acids is 1. The van der Waals surface area contributed by atoms with E-state index >= 15 is 0 Å². The largest absolute Gasteiger partial charge is 0.478 e. The van der Waals surface area contributed by atoms with Gasteiger partial charge in [-0.3, -0.25) is 14.8 Å². The number of benzene rings is 1. The third-order valence-corrected chi connectivity index (χ3v) is 5.45. The standard InChI is InChI=1S/C23H25FN6O2/c1-2-19(32-20-6-4-3-5-17(20)24)23(31)30-11-7-16(8-12-30)18-13-26-15-22(28-18)29-21-14-25-9-10-27-21/h3-6,9-10,13-16,19H,2,7-8,11-12H2,1H3,(H,27,28,29). The van der Waals surface area contributed by atoms with Crippen molar-refractivity contribution in [1.29, 1.82) is 0 Å². The number of aromatic nitrogens is 4. The number of nitrogens with one attached hydrogen (secondary N) is 1. The summed E-state index contributed by atoms with van der Waals surface area (Å²) in [6.45, 7) is 3.04. The van der Waals surface area contributed by atoms with E-state index in [0.717, 1.165) is 18.5 Å². The predicted molar refractivity (Wildman–Crippen MR) is 117 cm³/mol. The van der Waals surface area contributed by atoms with Gasteiger partial charge < -0.3 is 15.0 Å². The van der Waals surface area contributed by atoms with Gasteiger partial charge in [0, 0.05) is 37.6 Å². The Morgan fingerprint density at radius 1 is 1.16 bits per heavy atom. The first-order chi connectivity index (χ1) is 15.6. The second-order valence-electron chi connectivity index (χ2n) is 7.59. The van der Waals surface area contributed by atoms with Crippen molar-refractivity contribution in [2.24, 2.45) is 0 Å². The van der Waals surface area contributed by atoms with Crippen LogP contribution in [0.2, 0.25) is 0 Å². The monoisotopic (exact) mass is 436 g/mol. The number of likely N-dealkylation sites (tertiary alicyclic amines) is 1. The maximum atomic E-state index is 13.9. The van der Waals surface area contributed by atoms with Crippen LogP contribution >= 0.6 is 0 Å². The van der Waals surface area contributed by atoms with E-state index in [0.29, 0.717) is 31.1 Å². The summed E-state index contributed by atoms with van der Waals surface area (Å²) in [5.41, 5.74) is 0.876. The zero-order chi connectivity index (χ0) is 22.3. The summed E-state index contributed by atoms with van der Waals surface area (Å²) in [5, 5.41) is 3.10. The van der Waals surface area contributed by atoms with Gasteiger partial charge in [-0.1, -0.05) is 19.1 Å². The second kappa shape index (κ2) is 10.1. The minimum Gasteiger partial charge on any atom is -0.478 e. The highest BCUT2D eigenvalue weighted by Crippen LogP contribution is 2.28. The lowest BCUT2D eigenvalue weighted by molar-refractivity contribution is -0.140. The molecule has 1 aliphatic rings. The molecule has 1 saturated heterocycles. The first-order valence-corrected chi connectivity index (χ1v) is 10.7. The van der Waals surface area contributed by atoms with Crippen molar-refractivity contribution < 1.29 is 13.9 Å². The number of ether oxygens (including phenoxy) is 1. The first-order valence-electron chi connectivity index (χ1n) is 10.7. The molecule has 1 fully saturated rings. The Hall–Kier alpha value is -3.62. The molecule has 9 heteroatoms. The normalized spacial score (nSPS) is 15.2. The molecule has 8 nitrogen and oxygen atoms in total. The Kier molecular flexibility index (Phi) is 6.84. The van der Waals surface area contributed by atoms with Crippen LogP contribution in [0.1, 0.15) is 37.8 Å². The number of halogens is 1. The molecule has 0 saturated carbocycles. The van der Waals surface area contributed by atoms with E-state index in [-0.39, 0.29) is 17.6 Å². The average molecular weight is 436 g/mol. The molecule has 166 valence electrons. The van der Waals surface area contributed by atoms with Gasteiger partial charge in [-0.2, -0.15) is 0 Å². The zero-order valence-electron chi connectivity index (χ0n) is 17.8. The molecule has 4 rings (SSSR count). The molecule has 1 unspecified atom stereocenters. The molecule has 3 aromatic rings. The van der Waals surface area contributed by atoms with Gasteiger partial charge in [0.25, 0.3) is 5.91 Å². The lowest BCUT2D eigenvalue weighted by Gasteiger charge is -2.33. The zero-order valence-corrected chi connectivity index (χ0v) is 17.8. The van der Waals surface area contributed by atoms with Gasteiger partial charge >= 0.3 is 0 Å². The van der Waals surface area contributed by atoms with Gasteiger partial charge in [-0.15, -0.1) is 0 Å². The smallest absolute Gasteiger partial charge is 0.263 e. The Morgan fingerprint density at radius 3 is 2.66 bits per heavy atom. The highest BCUT2D eigenvalue weighted by molar-refractivity contribution is 5.81. The van der Waals surface area contributed by atoms with Crippen LogP contribution in [0.15, 0.2) is 55.2 Å². The number of hydrogen-bond acceptors (Lipinski definition) is 7. The molecule has 2 aromatic heterocycles. The van der Waals surface area contributed by atoms with E-state index in [1.54, 1.807) is 48.0 Å². The molecule has 1 aliphatic heterocycles. The minimum absolute atomic E-state index is 0.102. The van der Waals surface area contributed by atoms with Crippen LogP contribution in [0.5, 0.6) is 5.75 Å². The summed E-state index contributed by atoms with van der Waals surface area (Å²) in [4.78, 5) is 31.9. The number of piperidine rings is 1. The molecule has 0 radical (unpaired) electrons. The molecule has 1 aromatic carbocycles. The van der Waals surface area contributed by atoms with Crippen molar-refractivity contribution in [3.05, 3.63) is 66.8 Å². The third kappa shape index (κ3) is 5.16. The topological polar surface area (TPSA) is 93.1 Å². The number of hydrogen-bond donors (Lipinski definition) is 1. The van der Waals surface area contributed by atoms with E-state index in [4.69, 9.17) is 4.74 Å². The summed E-state index contributed by atoms with van der Waals surface area (Å²) >= 11 is 0. The van der Waals surface area contributed by atoms with Crippen molar-refractivity contribution in [2.45, 2.75) is 38.2 Å². The van der Waals surface area contributed by atoms with E-state index in [1.165, 1.54) is 12.1 Å². The molecule has 1 N–H and O–H groups in total. The maximum Gasteiger partial charge on any atom is 0.263 e. The minimum atomic E-state index is -0.706. The SMILES string of the molecule is CCC(Oc1ccccc1F)C(=O)N1CCC(c2cncc(Nc3cnccn3)n2)CC1. The fraction of sp³-hybridized carbons (Fsp3) is 0.348. The van der Waals surface area contributed by atoms with Crippen LogP contribution in [-0.4, -0.2) is 49.9 Å². The summed E-state index contributed by atoms with van der Waals surface area (Å²) in [6.07, 6.45) is 9.53. The second-order valence-corrected chi connectivity index (χ2v) is 7.59. The van der Waals surface area contributed by atoms with Crippen LogP contribution in [0.25, 0.3) is 0 Å². The lowest BCUT2D eigenvalue weighted by Crippen LogP contribution is -2.45. The summed E-state index contributed by atoms with van der Waals surface area (Å²) in [6, 6.07) is 6.15. The molecule has 0 aliphatic carbocycles. The van der Waals surface area contributed by atoms with Crippen molar-refractivity contribution >= 4 is 17.5 Å². The van der Waals surface area contributed by atoms with E-state index < -0.39 is 11.9 Å². The van der Waals surface area contributed by atoms with Gasteiger partial charge in [0.1, 0.15) is 11.6 Å². The Balaban J connectivity index is 1.36. The van der Waals surface area contributed by atoms with Crippen molar-refractivity contribution in [3.63, 3.8) is 0 Å². The van der Waals surface area contributed by atoms with E-state index in [9.17, 15) is 9.18 Å². The van der Waals surface area contributed by atoms with Crippen molar-refractivity contribution in [2.75, 3.05) is 18.4 Å². The van der Waals surface area contributed by atoms with Gasteiger partial charge in [-0.25, -0.2) is 14.4 Å². The third-order valence-electron chi connectivity index (χ3n) is 5.45. The first kappa shape index (κ1) is 21.6. The fourth-order valence-corrected chi connectivity index (χ4v) is 3.73. The number of amides is 1. The van der Waals surface area contributed by atoms with Gasteiger partial charge in [0.2, 0.25) is 0 Å². The van der Waals surface area contributed by atoms with Gasteiger partial charge in [0.05, 0.1) is 18.1 Å². The Bertz CT molecular complexity index is 1040. The number of carbonyl (C=O) groups is 1. The maximum absolute atomic E-state index is 13.9. The average Bonchev–Trinajstić information content (AvgIpc) is 2.84. The molecule has 0 bridgehead atoms. The molecule has 1 atom stereocenters. The Morgan fingerprint density at radius 2 is 1.94 bits per heavy atom. The molecule has 32 heavy (non-hydrogen) atoms. The van der Waals surface area contributed by atoms with Gasteiger partial charge in [0.15, 0.2) is 17.7 Å². The molecule has 0 spiro atoms. The molecular formula is C23H25FN6O2. The quantitative estimate of drug-likeness (QED) is 0.603. The summed E-state index contributed by atoms with van der Waals surface area (Å²) in [7, 11) is 0. The number of anilines is 2. The predicted octanol–water partition coefficient (Wildman–Crippen LogP) is 3.71. The van der Waals surface area contributed by atoms with Crippen LogP contribution in [0.4, 0.5) is 16.0 Å². The van der Waals surface area contributed by atoms with Crippen LogP contribution in [-0.2, 0) is 4.79 Å². The number of para-hydroxylation sites is 1. The lowest BCUT2D eigenvalue weighted by atomic mass is 9.93. The summed E-state index contributed by atoms with van der Waals surface area (Å²) < 4.78 is 19.6. The van der Waals surface area contributed by atoms with Crippen LogP contribution in [0, 0.1) is 5.82 Å².